The van der Waals surface area contributed by atoms with Crippen LogP contribution in [0.25, 0.3) is 11.2 Å². The highest BCUT2D eigenvalue weighted by atomic mass is 16.2. The van der Waals surface area contributed by atoms with Gasteiger partial charge in [0, 0.05) is 49.5 Å². The summed E-state index contributed by atoms with van der Waals surface area (Å²) < 4.78 is 2.06. The fraction of sp³-hybridized carbons (Fsp3) is 0.421. The van der Waals surface area contributed by atoms with Gasteiger partial charge < -0.3 is 25.4 Å². The van der Waals surface area contributed by atoms with Crippen LogP contribution in [0.5, 0.6) is 0 Å². The van der Waals surface area contributed by atoms with Crippen molar-refractivity contribution in [1.82, 2.24) is 44.9 Å². The predicted octanol–water partition coefficient (Wildman–Crippen LogP) is 2.22. The number of fused-ring (bicyclic) bond motifs is 2. The van der Waals surface area contributed by atoms with Crippen molar-refractivity contribution < 1.29 is 28.8 Å². The van der Waals surface area contributed by atoms with Gasteiger partial charge in [0.1, 0.15) is 23.6 Å². The molecule has 0 radical (unpaired) electrons. The number of pyridine rings is 1. The molecule has 4 aliphatic rings. The van der Waals surface area contributed by atoms with Crippen molar-refractivity contribution in [2.45, 2.75) is 70.0 Å². The van der Waals surface area contributed by atoms with Crippen LogP contribution in [0, 0.1) is 12.8 Å². The van der Waals surface area contributed by atoms with Gasteiger partial charge in [0.05, 0.1) is 24.0 Å². The number of likely N-dealkylation sites (tertiary alicyclic amines) is 1. The zero-order valence-corrected chi connectivity index (χ0v) is 30.3. The van der Waals surface area contributed by atoms with E-state index in [0.717, 1.165) is 48.3 Å². The third-order valence-corrected chi connectivity index (χ3v) is 11.0. The molecule has 1 atom stereocenters. The Hall–Kier alpha value is -6.26. The summed E-state index contributed by atoms with van der Waals surface area (Å²) in [6.45, 7) is 3.86. The molecule has 17 nitrogen and oxygen atoms in total. The number of benzene rings is 1. The second kappa shape index (κ2) is 14.9. The largest absolute Gasteiger partial charge is 0.376 e. The van der Waals surface area contributed by atoms with Crippen molar-refractivity contribution in [3.63, 3.8) is 0 Å². The highest BCUT2D eigenvalue weighted by molar-refractivity contribution is 6.23. The fourth-order valence-corrected chi connectivity index (χ4v) is 7.85. The SMILES string of the molecule is Cc1cccc(C(=O)NC2CC(n3cnc4c(NCCC5CCN(C(=O)CNc6ccc7c(c6)C(=O)N([C@H]6CCC(=O)NC6=O)C7=O)CC5)ncnc43)C2)n1. The van der Waals surface area contributed by atoms with E-state index in [0.29, 0.717) is 48.3 Å². The van der Waals surface area contributed by atoms with Gasteiger partial charge in [0.25, 0.3) is 17.7 Å². The Morgan fingerprint density at radius 2 is 1.73 bits per heavy atom. The smallest absolute Gasteiger partial charge is 0.270 e. The molecule has 3 aliphatic heterocycles. The van der Waals surface area contributed by atoms with Crippen LogP contribution in [-0.2, 0) is 14.4 Å². The molecule has 6 amide bonds. The number of rotatable bonds is 11. The second-order valence-corrected chi connectivity index (χ2v) is 14.6. The summed E-state index contributed by atoms with van der Waals surface area (Å²) in [7, 11) is 0. The maximum atomic E-state index is 13.1. The maximum Gasteiger partial charge on any atom is 0.270 e. The van der Waals surface area contributed by atoms with Crippen LogP contribution in [0.4, 0.5) is 11.5 Å². The Morgan fingerprint density at radius 1 is 0.927 bits per heavy atom. The first-order valence-electron chi connectivity index (χ1n) is 18.7. The van der Waals surface area contributed by atoms with Gasteiger partial charge in [-0.05, 0) is 81.7 Å². The Balaban J connectivity index is 0.772. The van der Waals surface area contributed by atoms with Crippen molar-refractivity contribution >= 4 is 58.1 Å². The van der Waals surface area contributed by atoms with Crippen molar-refractivity contribution in [3.05, 3.63) is 71.6 Å². The van der Waals surface area contributed by atoms with Crippen LogP contribution in [0.2, 0.25) is 0 Å². The summed E-state index contributed by atoms with van der Waals surface area (Å²) in [4.78, 5) is 96.4. The molecule has 8 rings (SSSR count). The first-order chi connectivity index (χ1) is 26.6. The van der Waals surface area contributed by atoms with Gasteiger partial charge in [0.2, 0.25) is 17.7 Å². The highest BCUT2D eigenvalue weighted by Gasteiger charge is 2.44. The average molecular weight is 748 g/mol. The lowest BCUT2D eigenvalue weighted by atomic mass is 9.86. The summed E-state index contributed by atoms with van der Waals surface area (Å²) in [5.41, 5.74) is 3.54. The first-order valence-corrected chi connectivity index (χ1v) is 18.7. The lowest BCUT2D eigenvalue weighted by molar-refractivity contribution is -0.136. The van der Waals surface area contributed by atoms with Crippen molar-refractivity contribution in [3.8, 4) is 0 Å². The normalized spacial score (nSPS) is 21.3. The third-order valence-electron chi connectivity index (χ3n) is 11.0. The lowest BCUT2D eigenvalue weighted by Crippen LogP contribution is -2.54. The van der Waals surface area contributed by atoms with Gasteiger partial charge in [-0.2, -0.15) is 0 Å². The van der Waals surface area contributed by atoms with E-state index in [1.54, 1.807) is 24.8 Å². The number of hydrogen-bond acceptors (Lipinski definition) is 12. The van der Waals surface area contributed by atoms with E-state index in [1.807, 2.05) is 24.0 Å². The topological polar surface area (TPSA) is 214 Å². The molecule has 1 aromatic carbocycles. The van der Waals surface area contributed by atoms with E-state index in [1.165, 1.54) is 12.1 Å². The summed E-state index contributed by atoms with van der Waals surface area (Å²) in [6, 6.07) is 9.29. The van der Waals surface area contributed by atoms with Gasteiger partial charge in [-0.3, -0.25) is 39.0 Å². The molecular formula is C38H41N11O6. The molecule has 284 valence electrons. The molecule has 1 saturated carbocycles. The Labute approximate surface area is 315 Å². The van der Waals surface area contributed by atoms with Crippen LogP contribution >= 0.6 is 0 Å². The minimum Gasteiger partial charge on any atom is -0.376 e. The number of nitrogens with zero attached hydrogens (tertiary/aromatic N) is 7. The quantitative estimate of drug-likeness (QED) is 0.163. The van der Waals surface area contributed by atoms with E-state index in [4.69, 9.17) is 0 Å². The molecule has 2 saturated heterocycles. The summed E-state index contributed by atoms with van der Waals surface area (Å²) in [5, 5.41) is 11.8. The van der Waals surface area contributed by atoms with E-state index in [-0.39, 0.29) is 54.4 Å². The van der Waals surface area contributed by atoms with Crippen molar-refractivity contribution in [2.24, 2.45) is 5.92 Å². The number of imide groups is 2. The molecule has 4 N–H and O–H groups in total. The minimum atomic E-state index is -1.03. The van der Waals surface area contributed by atoms with E-state index < -0.39 is 29.7 Å². The first kappa shape index (κ1) is 35.8. The summed E-state index contributed by atoms with van der Waals surface area (Å²) >= 11 is 0. The molecule has 1 aliphatic carbocycles. The van der Waals surface area contributed by atoms with Gasteiger partial charge in [-0.1, -0.05) is 6.07 Å². The minimum absolute atomic E-state index is 0.0292. The molecule has 6 heterocycles. The Morgan fingerprint density at radius 3 is 2.51 bits per heavy atom. The lowest BCUT2D eigenvalue weighted by Gasteiger charge is -2.36. The van der Waals surface area contributed by atoms with Gasteiger partial charge in [0.15, 0.2) is 11.5 Å². The summed E-state index contributed by atoms with van der Waals surface area (Å²) in [6.07, 6.45) is 7.66. The molecule has 3 aromatic heterocycles. The molecule has 0 spiro atoms. The number of aromatic nitrogens is 5. The molecule has 0 unspecified atom stereocenters. The molecule has 4 aromatic rings. The number of imidazole rings is 1. The number of hydrogen-bond donors (Lipinski definition) is 4. The third kappa shape index (κ3) is 7.20. The zero-order chi connectivity index (χ0) is 38.2. The Kier molecular flexibility index (Phi) is 9.67. The number of piperidine rings is 2. The van der Waals surface area contributed by atoms with E-state index >= 15 is 0 Å². The van der Waals surface area contributed by atoms with Crippen molar-refractivity contribution in [1.29, 1.82) is 0 Å². The number of carbonyl (C=O) groups is 6. The standard InChI is InChI=1S/C38H41N11O6/c1-21-3-2-4-28(44-21)35(52)45-24-15-25(16-24)48-20-43-32-33(41-19-42-34(32)48)39-12-9-22-10-13-47(14-11-22)31(51)18-40-23-5-6-26-27(17-23)38(55)49(37(26)54)29-7-8-30(50)46-36(29)53/h2-6,17,19-20,22,24-25,29,40H,7-16,18H2,1H3,(H,45,52)(H,39,41,42)(H,46,50,53)/t24?,25?,29-/m0/s1. The molecule has 55 heavy (non-hydrogen) atoms. The molecular weight excluding hydrogens is 706 g/mol. The zero-order valence-electron chi connectivity index (χ0n) is 30.3. The number of amides is 6. The van der Waals surface area contributed by atoms with Gasteiger partial charge in [-0.15, -0.1) is 0 Å². The second-order valence-electron chi connectivity index (χ2n) is 14.6. The number of anilines is 2. The molecule has 0 bridgehead atoms. The van der Waals surface area contributed by atoms with Gasteiger partial charge in [-0.25, -0.2) is 19.9 Å². The predicted molar refractivity (Wildman–Crippen MR) is 198 cm³/mol. The summed E-state index contributed by atoms with van der Waals surface area (Å²) in [5.74, 6) is -1.37. The molecule has 3 fully saturated rings. The number of carbonyl (C=O) groups excluding carboxylic acids is 6. The van der Waals surface area contributed by atoms with Crippen LogP contribution in [-0.4, -0.2) is 108 Å². The maximum absolute atomic E-state index is 13.1. The number of nitrogens with one attached hydrogen (secondary N) is 4. The Bertz CT molecular complexity index is 2210. The van der Waals surface area contributed by atoms with Crippen LogP contribution < -0.4 is 21.3 Å². The number of aryl methyl sites for hydroxylation is 1. The van der Waals surface area contributed by atoms with Crippen LogP contribution in [0.3, 0.4) is 0 Å². The van der Waals surface area contributed by atoms with Crippen LogP contribution in [0.15, 0.2) is 49.1 Å². The monoisotopic (exact) mass is 747 g/mol. The van der Waals surface area contributed by atoms with Crippen molar-refractivity contribution in [2.75, 3.05) is 36.8 Å². The average Bonchev–Trinajstić information content (AvgIpc) is 3.70. The van der Waals surface area contributed by atoms with Gasteiger partial charge >= 0.3 is 0 Å². The fourth-order valence-electron chi connectivity index (χ4n) is 7.85. The van der Waals surface area contributed by atoms with E-state index in [9.17, 15) is 28.8 Å². The highest BCUT2D eigenvalue weighted by Crippen LogP contribution is 2.35. The molecule has 17 heteroatoms. The van der Waals surface area contributed by atoms with Crippen LogP contribution in [0.1, 0.15) is 87.9 Å². The van der Waals surface area contributed by atoms with E-state index in [2.05, 4.69) is 45.8 Å².